The van der Waals surface area contributed by atoms with E-state index in [2.05, 4.69) is 43.4 Å². The first-order valence-corrected chi connectivity index (χ1v) is 7.92. The smallest absolute Gasteiger partial charge is 0.104 e. The topological polar surface area (TPSA) is 34.1 Å². The summed E-state index contributed by atoms with van der Waals surface area (Å²) in [5.74, 6) is 1.21. The molecule has 1 saturated heterocycles. The number of rotatable bonds is 5. The van der Waals surface area contributed by atoms with Crippen LogP contribution in [-0.4, -0.2) is 24.7 Å². The van der Waals surface area contributed by atoms with Gasteiger partial charge in [0.15, 0.2) is 0 Å². The second-order valence-electron chi connectivity index (χ2n) is 6.32. The lowest BCUT2D eigenvalue weighted by Crippen LogP contribution is -2.28. The Morgan fingerprint density at radius 3 is 2.95 bits per heavy atom. The van der Waals surface area contributed by atoms with Gasteiger partial charge in [-0.05, 0) is 31.0 Å². The van der Waals surface area contributed by atoms with E-state index >= 15 is 0 Å². The van der Waals surface area contributed by atoms with Gasteiger partial charge in [-0.3, -0.25) is 4.98 Å². The van der Waals surface area contributed by atoms with Crippen molar-refractivity contribution in [3.05, 3.63) is 42.1 Å². The molecular weight excluding hydrogens is 260 g/mol. The maximum Gasteiger partial charge on any atom is 0.104 e. The highest BCUT2D eigenvalue weighted by atomic mass is 16.5. The van der Waals surface area contributed by atoms with Crippen molar-refractivity contribution in [2.24, 2.45) is 11.8 Å². The Labute approximate surface area is 126 Å². The molecule has 0 aliphatic carbocycles. The number of aromatic nitrogens is 1. The minimum Gasteiger partial charge on any atom is -0.372 e. The maximum absolute atomic E-state index is 5.96. The van der Waals surface area contributed by atoms with E-state index in [0.29, 0.717) is 11.8 Å². The summed E-state index contributed by atoms with van der Waals surface area (Å²) in [7, 11) is 0. The molecule has 3 nitrogen and oxygen atoms in total. The van der Waals surface area contributed by atoms with Gasteiger partial charge >= 0.3 is 0 Å². The number of hydrogen-bond donors (Lipinski definition) is 1. The Balaban J connectivity index is 1.73. The van der Waals surface area contributed by atoms with Gasteiger partial charge in [0.2, 0.25) is 0 Å². The van der Waals surface area contributed by atoms with Gasteiger partial charge < -0.3 is 10.1 Å². The van der Waals surface area contributed by atoms with Crippen LogP contribution >= 0.6 is 0 Å². The van der Waals surface area contributed by atoms with E-state index in [4.69, 9.17) is 9.72 Å². The Bertz CT molecular complexity index is 597. The molecule has 0 amide bonds. The summed E-state index contributed by atoms with van der Waals surface area (Å²) in [5.41, 5.74) is 2.13. The monoisotopic (exact) mass is 284 g/mol. The summed E-state index contributed by atoms with van der Waals surface area (Å²) >= 11 is 0. The zero-order valence-corrected chi connectivity index (χ0v) is 12.9. The van der Waals surface area contributed by atoms with E-state index in [1.54, 1.807) is 0 Å². The number of ether oxygens (including phenoxy) is 1. The second kappa shape index (κ2) is 6.54. The van der Waals surface area contributed by atoms with Gasteiger partial charge in [0, 0.05) is 24.5 Å². The van der Waals surface area contributed by atoms with E-state index in [-0.39, 0.29) is 6.10 Å². The van der Waals surface area contributed by atoms with Crippen LogP contribution in [-0.2, 0) is 4.74 Å². The van der Waals surface area contributed by atoms with Gasteiger partial charge in [-0.2, -0.15) is 0 Å². The van der Waals surface area contributed by atoms with Crippen molar-refractivity contribution >= 4 is 10.9 Å². The normalized spacial score (nSPS) is 22.2. The van der Waals surface area contributed by atoms with Crippen molar-refractivity contribution in [3.63, 3.8) is 0 Å². The third-order valence-electron chi connectivity index (χ3n) is 4.08. The summed E-state index contributed by atoms with van der Waals surface area (Å²) in [5, 5.41) is 4.74. The number of nitrogens with zero attached hydrogens (tertiary/aromatic N) is 1. The molecular formula is C18H24N2O. The highest BCUT2D eigenvalue weighted by Crippen LogP contribution is 2.33. The third-order valence-corrected chi connectivity index (χ3v) is 4.08. The fraction of sp³-hybridized carbons (Fsp3) is 0.500. The minimum atomic E-state index is 0.134. The largest absolute Gasteiger partial charge is 0.372 e. The first kappa shape index (κ1) is 14.5. The molecule has 0 bridgehead atoms. The van der Waals surface area contributed by atoms with E-state index in [1.165, 1.54) is 5.39 Å². The van der Waals surface area contributed by atoms with Crippen LogP contribution in [0.4, 0.5) is 0 Å². The number of para-hydroxylation sites is 1. The Morgan fingerprint density at radius 1 is 1.24 bits per heavy atom. The quantitative estimate of drug-likeness (QED) is 0.911. The van der Waals surface area contributed by atoms with Gasteiger partial charge in [-0.15, -0.1) is 0 Å². The molecule has 0 saturated carbocycles. The predicted octanol–water partition coefficient (Wildman–Crippen LogP) is 3.56. The zero-order chi connectivity index (χ0) is 14.7. The van der Waals surface area contributed by atoms with Crippen LogP contribution in [0.25, 0.3) is 10.9 Å². The average Bonchev–Trinajstić information content (AvgIpc) is 2.95. The molecule has 21 heavy (non-hydrogen) atoms. The van der Waals surface area contributed by atoms with Crippen LogP contribution in [0.2, 0.25) is 0 Å². The fourth-order valence-electron chi connectivity index (χ4n) is 2.97. The van der Waals surface area contributed by atoms with Crippen molar-refractivity contribution in [2.75, 3.05) is 19.7 Å². The van der Waals surface area contributed by atoms with Crippen LogP contribution in [0.15, 0.2) is 36.4 Å². The number of nitrogens with one attached hydrogen (secondary N) is 1. The molecule has 3 heteroatoms. The number of pyridine rings is 1. The molecule has 1 aliphatic rings. The lowest BCUT2D eigenvalue weighted by molar-refractivity contribution is 0.0872. The van der Waals surface area contributed by atoms with Crippen molar-refractivity contribution in [3.8, 4) is 0 Å². The van der Waals surface area contributed by atoms with Crippen molar-refractivity contribution in [1.29, 1.82) is 0 Å². The van der Waals surface area contributed by atoms with Crippen LogP contribution in [0.1, 0.15) is 32.1 Å². The van der Waals surface area contributed by atoms with Gasteiger partial charge in [-0.1, -0.05) is 38.1 Å². The number of hydrogen-bond acceptors (Lipinski definition) is 3. The molecule has 3 rings (SSSR count). The fourth-order valence-corrected chi connectivity index (χ4v) is 2.97. The number of benzene rings is 1. The van der Waals surface area contributed by atoms with Crippen LogP contribution in [0, 0.1) is 11.8 Å². The standard InChI is InChI=1S/C18H24N2O/c1-13(2)11-19-12-15-9-10-21-18(15)17-8-7-14-5-3-4-6-16(14)20-17/h3-8,13,15,18-19H,9-12H2,1-2H3. The average molecular weight is 284 g/mol. The van der Waals surface area contributed by atoms with Gasteiger partial charge in [0.05, 0.1) is 11.2 Å². The van der Waals surface area contributed by atoms with Crippen molar-refractivity contribution < 1.29 is 4.74 Å². The summed E-state index contributed by atoms with van der Waals surface area (Å²) in [6.45, 7) is 7.39. The van der Waals surface area contributed by atoms with Gasteiger partial charge in [0.1, 0.15) is 6.10 Å². The van der Waals surface area contributed by atoms with E-state index < -0.39 is 0 Å². The van der Waals surface area contributed by atoms with E-state index in [9.17, 15) is 0 Å². The summed E-state index contributed by atoms with van der Waals surface area (Å²) in [6.07, 6.45) is 1.25. The van der Waals surface area contributed by atoms with E-state index in [1.807, 2.05) is 12.1 Å². The minimum absolute atomic E-state index is 0.134. The Hall–Kier alpha value is -1.45. The highest BCUT2D eigenvalue weighted by molar-refractivity contribution is 5.78. The Morgan fingerprint density at radius 2 is 2.10 bits per heavy atom. The lowest BCUT2D eigenvalue weighted by Gasteiger charge is -2.19. The molecule has 2 unspecified atom stereocenters. The number of fused-ring (bicyclic) bond motifs is 1. The first-order chi connectivity index (χ1) is 10.2. The lowest BCUT2D eigenvalue weighted by atomic mass is 9.98. The molecule has 2 atom stereocenters. The van der Waals surface area contributed by atoms with Crippen molar-refractivity contribution in [1.82, 2.24) is 10.3 Å². The third kappa shape index (κ3) is 3.42. The predicted molar refractivity (Wildman–Crippen MR) is 86.3 cm³/mol. The molecule has 1 aromatic carbocycles. The molecule has 1 aliphatic heterocycles. The van der Waals surface area contributed by atoms with Crippen LogP contribution in [0.3, 0.4) is 0 Å². The summed E-state index contributed by atoms with van der Waals surface area (Å²) < 4.78 is 5.96. The summed E-state index contributed by atoms with van der Waals surface area (Å²) in [4.78, 5) is 4.80. The van der Waals surface area contributed by atoms with E-state index in [0.717, 1.165) is 37.3 Å². The first-order valence-electron chi connectivity index (χ1n) is 7.92. The van der Waals surface area contributed by atoms with Crippen molar-refractivity contribution in [2.45, 2.75) is 26.4 Å². The van der Waals surface area contributed by atoms with Gasteiger partial charge in [0.25, 0.3) is 0 Å². The molecule has 2 heterocycles. The molecule has 1 aromatic heterocycles. The molecule has 2 aromatic rings. The molecule has 1 N–H and O–H groups in total. The molecule has 0 radical (unpaired) electrons. The van der Waals surface area contributed by atoms with Gasteiger partial charge in [-0.25, -0.2) is 0 Å². The van der Waals surface area contributed by atoms with Crippen LogP contribution in [0.5, 0.6) is 0 Å². The molecule has 1 fully saturated rings. The zero-order valence-electron chi connectivity index (χ0n) is 12.9. The molecule has 0 spiro atoms. The second-order valence-corrected chi connectivity index (χ2v) is 6.32. The summed E-state index contributed by atoms with van der Waals surface area (Å²) in [6, 6.07) is 12.5. The molecule has 112 valence electrons. The van der Waals surface area contributed by atoms with Crippen LogP contribution < -0.4 is 5.32 Å². The SMILES string of the molecule is CC(C)CNCC1CCOC1c1ccc2ccccc2n1. The Kier molecular flexibility index (Phi) is 4.51. The maximum atomic E-state index is 5.96. The highest BCUT2D eigenvalue weighted by Gasteiger charge is 2.30.